The average molecular weight is 407 g/mol. The highest BCUT2D eigenvalue weighted by Crippen LogP contribution is 2.49. The molecule has 0 aromatic carbocycles. The van der Waals surface area contributed by atoms with Crippen molar-refractivity contribution in [3.05, 3.63) is 0 Å². The molecule has 0 aliphatic heterocycles. The van der Waals surface area contributed by atoms with Crippen LogP contribution in [0.1, 0.15) is 97.8 Å². The van der Waals surface area contributed by atoms with Gasteiger partial charge in [-0.2, -0.15) is 0 Å². The first-order chi connectivity index (χ1) is 13.1. The van der Waals surface area contributed by atoms with Gasteiger partial charge in [0.25, 0.3) is 0 Å². The molecule has 3 nitrogen and oxygen atoms in total. The summed E-state index contributed by atoms with van der Waals surface area (Å²) in [5.74, 6) is 2.57. The van der Waals surface area contributed by atoms with Crippen molar-refractivity contribution < 1.29 is 14.6 Å². The Balaban J connectivity index is 3.27. The van der Waals surface area contributed by atoms with Gasteiger partial charge in [0.1, 0.15) is 6.79 Å². The van der Waals surface area contributed by atoms with Gasteiger partial charge in [-0.05, 0) is 37.0 Å². The van der Waals surface area contributed by atoms with Crippen LogP contribution in [0.3, 0.4) is 0 Å². The molecule has 0 radical (unpaired) electrons. The van der Waals surface area contributed by atoms with E-state index in [2.05, 4.69) is 27.0 Å². The molecule has 0 rings (SSSR count). The normalized spacial score (nSPS) is 16.2. The number of rotatable bonds is 21. The van der Waals surface area contributed by atoms with E-state index in [4.69, 9.17) is 9.47 Å². The third-order valence-electron chi connectivity index (χ3n) is 5.85. The van der Waals surface area contributed by atoms with Gasteiger partial charge in [-0.1, -0.05) is 78.6 Å². The number of aliphatic hydroxyl groups excluding tert-OH is 1. The molecule has 0 saturated heterocycles. The first kappa shape index (κ1) is 27.2. The van der Waals surface area contributed by atoms with Crippen molar-refractivity contribution in [2.75, 3.05) is 44.4 Å². The van der Waals surface area contributed by atoms with Crippen LogP contribution in [0.4, 0.5) is 0 Å². The molecule has 0 fully saturated rings. The number of hydrogen-bond acceptors (Lipinski definition) is 3. The Labute approximate surface area is 172 Å². The Morgan fingerprint density at radius 1 is 0.741 bits per heavy atom. The van der Waals surface area contributed by atoms with E-state index in [-0.39, 0.29) is 0 Å². The first-order valence-electron chi connectivity index (χ1n) is 11.6. The number of hydrogen-bond donors (Lipinski definition) is 1. The van der Waals surface area contributed by atoms with Crippen LogP contribution in [0.15, 0.2) is 0 Å². The topological polar surface area (TPSA) is 38.7 Å². The van der Waals surface area contributed by atoms with Crippen molar-refractivity contribution in [3.8, 4) is 0 Å². The van der Waals surface area contributed by atoms with Crippen LogP contribution in [0, 0.1) is 0 Å². The van der Waals surface area contributed by atoms with Crippen molar-refractivity contribution in [2.45, 2.75) is 103 Å². The van der Waals surface area contributed by atoms with E-state index in [1.54, 1.807) is 0 Å². The summed E-state index contributed by atoms with van der Waals surface area (Å²) in [4.78, 5) is 0. The standard InChI is InChI=1S/C23H50O3S/c1-5-7-8-9-12-15-18-25-22-26-19-16-13-10-11-14-17-20-27(4,6-2)23(3)21-24/h23-24H,5-22H2,1-4H3. The van der Waals surface area contributed by atoms with E-state index in [0.717, 1.165) is 19.6 Å². The van der Waals surface area contributed by atoms with Crippen LogP contribution < -0.4 is 0 Å². The van der Waals surface area contributed by atoms with Crippen LogP contribution in [0.2, 0.25) is 0 Å². The summed E-state index contributed by atoms with van der Waals surface area (Å²) in [6, 6.07) is 0. The van der Waals surface area contributed by atoms with Crippen molar-refractivity contribution >= 4 is 10.0 Å². The molecule has 0 heterocycles. The van der Waals surface area contributed by atoms with E-state index in [0.29, 0.717) is 18.6 Å². The van der Waals surface area contributed by atoms with E-state index in [1.807, 2.05) is 0 Å². The van der Waals surface area contributed by atoms with Crippen molar-refractivity contribution in [3.63, 3.8) is 0 Å². The largest absolute Gasteiger partial charge is 0.395 e. The smallest absolute Gasteiger partial charge is 0.146 e. The van der Waals surface area contributed by atoms with Gasteiger partial charge in [-0.15, -0.1) is 0 Å². The highest BCUT2D eigenvalue weighted by atomic mass is 32.3. The van der Waals surface area contributed by atoms with Crippen molar-refractivity contribution in [2.24, 2.45) is 0 Å². The second-order valence-corrected chi connectivity index (χ2v) is 12.7. The second kappa shape index (κ2) is 19.5. The predicted octanol–water partition coefficient (Wildman–Crippen LogP) is 6.51. The molecule has 0 amide bonds. The summed E-state index contributed by atoms with van der Waals surface area (Å²) in [5.41, 5.74) is 0. The van der Waals surface area contributed by atoms with Gasteiger partial charge in [0.2, 0.25) is 0 Å². The van der Waals surface area contributed by atoms with Crippen LogP contribution in [-0.4, -0.2) is 54.7 Å². The monoisotopic (exact) mass is 406 g/mol. The maximum Gasteiger partial charge on any atom is 0.146 e. The summed E-state index contributed by atoms with van der Waals surface area (Å²) in [6.45, 7) is 9.26. The number of aliphatic hydroxyl groups is 1. The Kier molecular flexibility index (Phi) is 19.7. The van der Waals surface area contributed by atoms with E-state index in [9.17, 15) is 5.11 Å². The SMILES string of the molecule is CCCCCCCCOCOCCCCCCCCS(C)(CC)C(C)CO. The van der Waals surface area contributed by atoms with Gasteiger partial charge >= 0.3 is 0 Å². The van der Waals surface area contributed by atoms with Gasteiger partial charge in [0, 0.05) is 18.5 Å². The molecule has 2 unspecified atom stereocenters. The minimum absolute atomic E-state index is 0.350. The molecule has 2 atom stereocenters. The Bertz CT molecular complexity index is 301. The lowest BCUT2D eigenvalue weighted by atomic mass is 10.1. The molecule has 4 heteroatoms. The zero-order valence-corrected chi connectivity index (χ0v) is 19.8. The molecular formula is C23H50O3S. The van der Waals surface area contributed by atoms with Gasteiger partial charge in [0.15, 0.2) is 0 Å². The average Bonchev–Trinajstić information content (AvgIpc) is 2.69. The van der Waals surface area contributed by atoms with Crippen LogP contribution in [0.25, 0.3) is 0 Å². The highest BCUT2D eigenvalue weighted by Gasteiger charge is 2.22. The summed E-state index contributed by atoms with van der Waals surface area (Å²) in [6.07, 6.45) is 18.0. The lowest BCUT2D eigenvalue weighted by molar-refractivity contribution is -0.0556. The first-order valence-corrected chi connectivity index (χ1v) is 14.0. The molecule has 0 saturated carbocycles. The Morgan fingerprint density at radius 2 is 1.22 bits per heavy atom. The molecule has 0 bridgehead atoms. The summed E-state index contributed by atoms with van der Waals surface area (Å²) >= 11 is 0. The molecule has 0 aromatic heterocycles. The highest BCUT2D eigenvalue weighted by molar-refractivity contribution is 8.33. The van der Waals surface area contributed by atoms with Gasteiger partial charge in [-0.3, -0.25) is 0 Å². The lowest BCUT2D eigenvalue weighted by Crippen LogP contribution is -2.22. The fraction of sp³-hybridized carbons (Fsp3) is 1.00. The third kappa shape index (κ3) is 15.8. The van der Waals surface area contributed by atoms with E-state index < -0.39 is 10.0 Å². The number of ether oxygens (including phenoxy) is 2. The molecule has 166 valence electrons. The predicted molar refractivity (Wildman–Crippen MR) is 123 cm³/mol. The van der Waals surface area contributed by atoms with Crippen LogP contribution in [-0.2, 0) is 9.47 Å². The lowest BCUT2D eigenvalue weighted by Gasteiger charge is -2.40. The molecule has 0 aromatic rings. The van der Waals surface area contributed by atoms with E-state index in [1.165, 1.54) is 82.1 Å². The molecular weight excluding hydrogens is 356 g/mol. The molecule has 27 heavy (non-hydrogen) atoms. The maximum atomic E-state index is 9.45. The van der Waals surface area contributed by atoms with Crippen LogP contribution in [0.5, 0.6) is 0 Å². The molecule has 1 N–H and O–H groups in total. The summed E-state index contributed by atoms with van der Waals surface area (Å²) in [7, 11) is -0.610. The second-order valence-electron chi connectivity index (χ2n) is 8.16. The number of unbranched alkanes of at least 4 members (excludes halogenated alkanes) is 10. The van der Waals surface area contributed by atoms with Gasteiger partial charge in [-0.25, -0.2) is 10.0 Å². The summed E-state index contributed by atoms with van der Waals surface area (Å²) < 4.78 is 11.1. The van der Waals surface area contributed by atoms with E-state index >= 15 is 0 Å². The molecule has 0 spiro atoms. The fourth-order valence-electron chi connectivity index (χ4n) is 3.31. The maximum absolute atomic E-state index is 9.45. The molecule has 0 aliphatic rings. The zero-order chi connectivity index (χ0) is 20.2. The summed E-state index contributed by atoms with van der Waals surface area (Å²) in [5, 5.41) is 9.93. The Hall–Kier alpha value is 0.230. The minimum atomic E-state index is -0.610. The molecule has 0 aliphatic carbocycles. The zero-order valence-electron chi connectivity index (χ0n) is 19.0. The quantitative estimate of drug-likeness (QED) is 0.174. The van der Waals surface area contributed by atoms with Crippen molar-refractivity contribution in [1.29, 1.82) is 0 Å². The van der Waals surface area contributed by atoms with Gasteiger partial charge in [0.05, 0.1) is 6.61 Å². The van der Waals surface area contributed by atoms with Crippen LogP contribution >= 0.6 is 10.0 Å². The Morgan fingerprint density at radius 3 is 1.70 bits per heavy atom. The third-order valence-corrected chi connectivity index (χ3v) is 10.5. The minimum Gasteiger partial charge on any atom is -0.395 e. The van der Waals surface area contributed by atoms with Gasteiger partial charge < -0.3 is 14.6 Å². The van der Waals surface area contributed by atoms with Crippen molar-refractivity contribution in [1.82, 2.24) is 0 Å². The fourth-order valence-corrected chi connectivity index (χ4v) is 5.80.